The van der Waals surface area contributed by atoms with Crippen molar-refractivity contribution in [2.75, 3.05) is 13.2 Å². The van der Waals surface area contributed by atoms with Crippen LogP contribution in [0.4, 0.5) is 0 Å². The predicted molar refractivity (Wildman–Crippen MR) is 52.3 cm³/mol. The molecule has 1 aliphatic heterocycles. The largest absolute Gasteiger partial charge is 0.381 e. The molecule has 70 valence electrons. The molecule has 1 saturated heterocycles. The minimum atomic E-state index is 0.492. The SMILES string of the molecule is C[C@@H]1C=C[C@@H]2COCC[C@]23C=C[C@H]13. The molecular formula is C12H16O. The van der Waals surface area contributed by atoms with E-state index in [1.54, 1.807) is 0 Å². The molecule has 1 heteroatoms. The summed E-state index contributed by atoms with van der Waals surface area (Å²) < 4.78 is 5.54. The van der Waals surface area contributed by atoms with Gasteiger partial charge in [0, 0.05) is 17.9 Å². The summed E-state index contributed by atoms with van der Waals surface area (Å²) in [4.78, 5) is 0. The van der Waals surface area contributed by atoms with Gasteiger partial charge >= 0.3 is 0 Å². The van der Waals surface area contributed by atoms with Crippen molar-refractivity contribution < 1.29 is 4.74 Å². The van der Waals surface area contributed by atoms with Crippen molar-refractivity contribution in [3.05, 3.63) is 24.3 Å². The quantitative estimate of drug-likeness (QED) is 0.515. The van der Waals surface area contributed by atoms with Gasteiger partial charge in [0.05, 0.1) is 6.61 Å². The Morgan fingerprint density at radius 2 is 2.23 bits per heavy atom. The lowest BCUT2D eigenvalue weighted by Gasteiger charge is -2.54. The molecule has 0 aromatic rings. The van der Waals surface area contributed by atoms with Crippen LogP contribution in [0.25, 0.3) is 0 Å². The zero-order valence-corrected chi connectivity index (χ0v) is 8.07. The summed E-state index contributed by atoms with van der Waals surface area (Å²) in [5.74, 6) is 2.19. The van der Waals surface area contributed by atoms with Crippen LogP contribution in [-0.2, 0) is 4.74 Å². The van der Waals surface area contributed by atoms with Gasteiger partial charge in [-0.25, -0.2) is 0 Å². The molecule has 3 rings (SSSR count). The first-order valence-corrected chi connectivity index (χ1v) is 5.28. The molecule has 1 fully saturated rings. The van der Waals surface area contributed by atoms with E-state index in [9.17, 15) is 0 Å². The van der Waals surface area contributed by atoms with E-state index in [1.165, 1.54) is 6.42 Å². The molecule has 2 aliphatic carbocycles. The second kappa shape index (κ2) is 2.48. The molecule has 1 heterocycles. The van der Waals surface area contributed by atoms with E-state index >= 15 is 0 Å². The molecule has 0 radical (unpaired) electrons. The van der Waals surface area contributed by atoms with Crippen LogP contribution >= 0.6 is 0 Å². The highest BCUT2D eigenvalue weighted by Crippen LogP contribution is 2.56. The van der Waals surface area contributed by atoms with E-state index in [0.29, 0.717) is 11.3 Å². The van der Waals surface area contributed by atoms with Crippen LogP contribution in [0.5, 0.6) is 0 Å². The Bertz CT molecular complexity index is 279. The van der Waals surface area contributed by atoms with Gasteiger partial charge in [-0.2, -0.15) is 0 Å². The van der Waals surface area contributed by atoms with Gasteiger partial charge in [-0.3, -0.25) is 0 Å². The molecule has 4 atom stereocenters. The van der Waals surface area contributed by atoms with Gasteiger partial charge in [0.1, 0.15) is 0 Å². The number of hydrogen-bond acceptors (Lipinski definition) is 1. The zero-order valence-electron chi connectivity index (χ0n) is 8.07. The Hall–Kier alpha value is -0.560. The van der Waals surface area contributed by atoms with Crippen LogP contribution in [0.15, 0.2) is 24.3 Å². The summed E-state index contributed by atoms with van der Waals surface area (Å²) in [6, 6.07) is 0. The van der Waals surface area contributed by atoms with Crippen molar-refractivity contribution >= 4 is 0 Å². The fourth-order valence-corrected chi connectivity index (χ4v) is 3.20. The first-order chi connectivity index (χ1) is 6.33. The van der Waals surface area contributed by atoms with Crippen LogP contribution in [0.2, 0.25) is 0 Å². The molecule has 0 bridgehead atoms. The standard InChI is InChI=1S/C12H16O/c1-9-2-3-10-8-13-7-6-12(10)5-4-11(9)12/h2-5,9-11H,6-8H2,1H3/t9-,10-,11-,12-/m1/s1. The molecule has 0 unspecified atom stereocenters. The van der Waals surface area contributed by atoms with Crippen LogP contribution in [0, 0.1) is 23.2 Å². The maximum absolute atomic E-state index is 5.54. The van der Waals surface area contributed by atoms with Crippen molar-refractivity contribution in [1.82, 2.24) is 0 Å². The van der Waals surface area contributed by atoms with Crippen molar-refractivity contribution in [1.29, 1.82) is 0 Å². The lowest BCUT2D eigenvalue weighted by molar-refractivity contribution is -0.0419. The highest BCUT2D eigenvalue weighted by atomic mass is 16.5. The molecule has 0 amide bonds. The second-order valence-corrected chi connectivity index (χ2v) is 4.67. The molecule has 1 spiro atoms. The third kappa shape index (κ3) is 0.859. The molecule has 0 saturated carbocycles. The van der Waals surface area contributed by atoms with Crippen LogP contribution in [0.3, 0.4) is 0 Å². The Kier molecular flexibility index (Phi) is 1.49. The highest BCUT2D eigenvalue weighted by Gasteiger charge is 2.51. The van der Waals surface area contributed by atoms with Crippen molar-refractivity contribution in [2.45, 2.75) is 13.3 Å². The van der Waals surface area contributed by atoms with Gasteiger partial charge in [-0.15, -0.1) is 0 Å². The average molecular weight is 176 g/mol. The van der Waals surface area contributed by atoms with E-state index in [1.807, 2.05) is 0 Å². The van der Waals surface area contributed by atoms with E-state index in [-0.39, 0.29) is 0 Å². The first-order valence-electron chi connectivity index (χ1n) is 5.28. The van der Waals surface area contributed by atoms with E-state index in [2.05, 4.69) is 31.2 Å². The lowest BCUT2D eigenvalue weighted by Crippen LogP contribution is -2.50. The van der Waals surface area contributed by atoms with Gasteiger partial charge in [0.2, 0.25) is 0 Å². The van der Waals surface area contributed by atoms with E-state index in [0.717, 1.165) is 25.0 Å². The monoisotopic (exact) mass is 176 g/mol. The molecule has 0 aromatic heterocycles. The Labute approximate surface area is 79.5 Å². The topological polar surface area (TPSA) is 9.23 Å². The molecule has 0 aromatic carbocycles. The van der Waals surface area contributed by atoms with Gasteiger partial charge < -0.3 is 4.74 Å². The van der Waals surface area contributed by atoms with Crippen molar-refractivity contribution in [3.63, 3.8) is 0 Å². The summed E-state index contributed by atoms with van der Waals surface area (Å²) in [6.45, 7) is 4.22. The van der Waals surface area contributed by atoms with Gasteiger partial charge in [-0.05, 0) is 18.3 Å². The van der Waals surface area contributed by atoms with Gasteiger partial charge in [0.15, 0.2) is 0 Å². The normalized spacial score (nSPS) is 52.2. The van der Waals surface area contributed by atoms with E-state index in [4.69, 9.17) is 4.74 Å². The summed E-state index contributed by atoms with van der Waals surface area (Å²) >= 11 is 0. The Balaban J connectivity index is 1.99. The fraction of sp³-hybridized carbons (Fsp3) is 0.667. The average Bonchev–Trinajstić information content (AvgIpc) is 2.12. The molecule has 0 N–H and O–H groups in total. The first kappa shape index (κ1) is 7.81. The van der Waals surface area contributed by atoms with Crippen LogP contribution < -0.4 is 0 Å². The summed E-state index contributed by atoms with van der Waals surface area (Å²) in [5.41, 5.74) is 0.492. The highest BCUT2D eigenvalue weighted by molar-refractivity contribution is 5.29. The zero-order chi connectivity index (χ0) is 8.89. The smallest absolute Gasteiger partial charge is 0.0537 e. The third-order valence-corrected chi connectivity index (χ3v) is 4.12. The summed E-state index contributed by atoms with van der Waals surface area (Å²) in [7, 11) is 0. The van der Waals surface area contributed by atoms with Crippen LogP contribution in [-0.4, -0.2) is 13.2 Å². The maximum atomic E-state index is 5.54. The van der Waals surface area contributed by atoms with Crippen molar-refractivity contribution in [2.24, 2.45) is 23.2 Å². The van der Waals surface area contributed by atoms with E-state index < -0.39 is 0 Å². The van der Waals surface area contributed by atoms with Crippen molar-refractivity contribution in [3.8, 4) is 0 Å². The fourth-order valence-electron chi connectivity index (χ4n) is 3.20. The number of ether oxygens (including phenoxy) is 1. The van der Waals surface area contributed by atoms with Gasteiger partial charge in [-0.1, -0.05) is 31.2 Å². The Morgan fingerprint density at radius 3 is 3.00 bits per heavy atom. The summed E-state index contributed by atoms with van der Waals surface area (Å²) in [5, 5.41) is 0. The number of allylic oxidation sites excluding steroid dienone is 3. The van der Waals surface area contributed by atoms with Gasteiger partial charge in [0.25, 0.3) is 0 Å². The minimum Gasteiger partial charge on any atom is -0.381 e. The number of hydrogen-bond donors (Lipinski definition) is 0. The van der Waals surface area contributed by atoms with Crippen LogP contribution in [0.1, 0.15) is 13.3 Å². The third-order valence-electron chi connectivity index (χ3n) is 4.12. The minimum absolute atomic E-state index is 0.492. The second-order valence-electron chi connectivity index (χ2n) is 4.67. The summed E-state index contributed by atoms with van der Waals surface area (Å²) in [6.07, 6.45) is 10.8. The Morgan fingerprint density at radius 1 is 1.31 bits per heavy atom. The maximum Gasteiger partial charge on any atom is 0.0537 e. The number of rotatable bonds is 0. The molecule has 1 nitrogen and oxygen atoms in total. The lowest BCUT2D eigenvalue weighted by atomic mass is 9.52. The predicted octanol–water partition coefficient (Wildman–Crippen LogP) is 2.40. The molecule has 13 heavy (non-hydrogen) atoms. The molecule has 3 aliphatic rings. The molecular weight excluding hydrogens is 160 g/mol.